The maximum absolute atomic E-state index is 3.28. The van der Waals surface area contributed by atoms with Crippen LogP contribution in [-0.4, -0.2) is 24.1 Å². The molecule has 0 rings (SSSR count). The fourth-order valence-electron chi connectivity index (χ4n) is 0.869. The van der Waals surface area contributed by atoms with Crippen LogP contribution in [0.25, 0.3) is 0 Å². The lowest BCUT2D eigenvalue weighted by Gasteiger charge is -2.18. The van der Waals surface area contributed by atoms with Gasteiger partial charge in [0.15, 0.2) is 0 Å². The van der Waals surface area contributed by atoms with Gasteiger partial charge in [-0.2, -0.15) is 11.8 Å². The van der Waals surface area contributed by atoms with Crippen molar-refractivity contribution in [1.29, 1.82) is 0 Å². The van der Waals surface area contributed by atoms with Gasteiger partial charge in [-0.3, -0.25) is 0 Å². The lowest BCUT2D eigenvalue weighted by atomic mass is 10.2. The zero-order chi connectivity index (χ0) is 9.56. The largest absolute Gasteiger partial charge is 0.316 e. The summed E-state index contributed by atoms with van der Waals surface area (Å²) in [5.74, 6) is 2.14. The molecule has 0 aromatic heterocycles. The van der Waals surface area contributed by atoms with Crippen LogP contribution in [0.3, 0.4) is 0 Å². The highest BCUT2D eigenvalue weighted by Crippen LogP contribution is 2.17. The zero-order valence-electron chi connectivity index (χ0n) is 9.05. The van der Waals surface area contributed by atoms with Gasteiger partial charge < -0.3 is 5.32 Å². The molecule has 0 aromatic rings. The summed E-state index contributed by atoms with van der Waals surface area (Å²) < 4.78 is 0. The van der Waals surface area contributed by atoms with E-state index in [9.17, 15) is 0 Å². The molecule has 0 aliphatic heterocycles. The minimum absolute atomic E-state index is 0.627. The molecule has 0 spiro atoms. The maximum atomic E-state index is 3.28. The van der Waals surface area contributed by atoms with E-state index in [0.29, 0.717) is 6.04 Å². The highest BCUT2D eigenvalue weighted by Gasteiger charge is 2.09. The molecule has 0 aliphatic carbocycles. The van der Waals surface area contributed by atoms with Crippen molar-refractivity contribution in [3.05, 3.63) is 0 Å². The smallest absolute Gasteiger partial charge is 0.0170 e. The summed E-state index contributed by atoms with van der Waals surface area (Å²) in [6.07, 6.45) is 1.34. The summed E-state index contributed by atoms with van der Waals surface area (Å²) in [5, 5.41) is 4.01. The van der Waals surface area contributed by atoms with Gasteiger partial charge in [0.05, 0.1) is 0 Å². The fraction of sp³-hybridized carbons (Fsp3) is 1.00. The van der Waals surface area contributed by atoms with Crippen LogP contribution in [0.15, 0.2) is 0 Å². The second kappa shape index (κ2) is 6.79. The van der Waals surface area contributed by atoms with E-state index in [1.165, 1.54) is 12.2 Å². The van der Waals surface area contributed by atoms with Gasteiger partial charge in [-0.1, -0.05) is 20.8 Å². The lowest BCUT2D eigenvalue weighted by Crippen LogP contribution is -2.30. The molecule has 0 saturated carbocycles. The highest BCUT2D eigenvalue weighted by atomic mass is 32.2. The Hall–Kier alpha value is 0.310. The molecule has 2 heteroatoms. The topological polar surface area (TPSA) is 12.0 Å². The first-order chi connectivity index (χ1) is 5.57. The van der Waals surface area contributed by atoms with Crippen molar-refractivity contribution in [3.8, 4) is 0 Å². The molecule has 0 aliphatic rings. The monoisotopic (exact) mass is 189 g/mol. The molecule has 0 radical (unpaired) electrons. The van der Waals surface area contributed by atoms with Crippen LogP contribution in [0.2, 0.25) is 0 Å². The van der Waals surface area contributed by atoms with Crippen LogP contribution in [0.1, 0.15) is 34.1 Å². The SMILES string of the molecule is CNC(C)C(C)SCCC(C)C. The van der Waals surface area contributed by atoms with Gasteiger partial charge in [-0.25, -0.2) is 0 Å². The second-order valence-electron chi connectivity index (χ2n) is 3.84. The van der Waals surface area contributed by atoms with E-state index in [-0.39, 0.29) is 0 Å². The summed E-state index contributed by atoms with van der Waals surface area (Å²) in [6.45, 7) is 9.11. The van der Waals surface area contributed by atoms with Crippen molar-refractivity contribution < 1.29 is 0 Å². The second-order valence-corrected chi connectivity index (χ2v) is 5.32. The Labute approximate surface area is 81.7 Å². The number of hydrogen-bond acceptors (Lipinski definition) is 2. The van der Waals surface area contributed by atoms with Crippen LogP contribution >= 0.6 is 11.8 Å². The highest BCUT2D eigenvalue weighted by molar-refractivity contribution is 7.99. The first-order valence-electron chi connectivity index (χ1n) is 4.86. The van der Waals surface area contributed by atoms with Crippen LogP contribution in [0.5, 0.6) is 0 Å². The van der Waals surface area contributed by atoms with Crippen LogP contribution in [0, 0.1) is 5.92 Å². The van der Waals surface area contributed by atoms with Crippen molar-refractivity contribution in [3.63, 3.8) is 0 Å². The van der Waals surface area contributed by atoms with Gasteiger partial charge >= 0.3 is 0 Å². The summed E-state index contributed by atoms with van der Waals surface area (Å²) in [7, 11) is 2.03. The fourth-order valence-corrected chi connectivity index (χ4v) is 2.27. The van der Waals surface area contributed by atoms with Crippen LogP contribution in [0.4, 0.5) is 0 Å². The molecule has 0 fully saturated rings. The third-order valence-corrected chi connectivity index (χ3v) is 3.64. The number of hydrogen-bond donors (Lipinski definition) is 1. The van der Waals surface area contributed by atoms with Gasteiger partial charge in [-0.15, -0.1) is 0 Å². The van der Waals surface area contributed by atoms with Gasteiger partial charge in [-0.05, 0) is 32.1 Å². The molecule has 2 unspecified atom stereocenters. The predicted octanol–water partition coefficient (Wildman–Crippen LogP) is 2.76. The van der Waals surface area contributed by atoms with Crippen LogP contribution in [-0.2, 0) is 0 Å². The molecule has 1 nitrogen and oxygen atoms in total. The Morgan fingerprint density at radius 1 is 1.17 bits per heavy atom. The molecule has 2 atom stereocenters. The summed E-state index contributed by atoms with van der Waals surface area (Å²) in [4.78, 5) is 0. The molecular weight excluding hydrogens is 166 g/mol. The number of nitrogens with one attached hydrogen (secondary N) is 1. The van der Waals surface area contributed by atoms with E-state index >= 15 is 0 Å². The lowest BCUT2D eigenvalue weighted by molar-refractivity contribution is 0.600. The Balaban J connectivity index is 3.37. The van der Waals surface area contributed by atoms with E-state index < -0.39 is 0 Å². The summed E-state index contributed by atoms with van der Waals surface area (Å²) in [6, 6.07) is 0.627. The van der Waals surface area contributed by atoms with Gasteiger partial charge in [0.2, 0.25) is 0 Å². The van der Waals surface area contributed by atoms with Gasteiger partial charge in [0.1, 0.15) is 0 Å². The molecule has 0 saturated heterocycles. The molecule has 1 N–H and O–H groups in total. The Morgan fingerprint density at radius 2 is 1.75 bits per heavy atom. The van der Waals surface area contributed by atoms with Crippen LogP contribution < -0.4 is 5.32 Å². The number of rotatable bonds is 6. The average molecular weight is 189 g/mol. The first-order valence-corrected chi connectivity index (χ1v) is 5.91. The van der Waals surface area contributed by atoms with E-state index in [2.05, 4.69) is 44.8 Å². The van der Waals surface area contributed by atoms with E-state index in [1.807, 2.05) is 7.05 Å². The van der Waals surface area contributed by atoms with E-state index in [1.54, 1.807) is 0 Å². The van der Waals surface area contributed by atoms with E-state index in [4.69, 9.17) is 0 Å². The Kier molecular flexibility index (Phi) is 6.96. The predicted molar refractivity (Wildman–Crippen MR) is 59.9 cm³/mol. The van der Waals surface area contributed by atoms with Crippen molar-refractivity contribution in [1.82, 2.24) is 5.32 Å². The average Bonchev–Trinajstić information content (AvgIpc) is 2.02. The minimum Gasteiger partial charge on any atom is -0.316 e. The van der Waals surface area contributed by atoms with Crippen molar-refractivity contribution in [2.24, 2.45) is 5.92 Å². The third kappa shape index (κ3) is 5.90. The molecule has 74 valence electrons. The van der Waals surface area contributed by atoms with Crippen molar-refractivity contribution in [2.45, 2.75) is 45.4 Å². The molecule has 0 amide bonds. The number of thioether (sulfide) groups is 1. The molecule has 12 heavy (non-hydrogen) atoms. The van der Waals surface area contributed by atoms with E-state index in [0.717, 1.165) is 11.2 Å². The Morgan fingerprint density at radius 3 is 2.17 bits per heavy atom. The molecule has 0 aromatic carbocycles. The molecular formula is C10H23NS. The van der Waals surface area contributed by atoms with Gasteiger partial charge in [0, 0.05) is 11.3 Å². The van der Waals surface area contributed by atoms with Crippen molar-refractivity contribution >= 4 is 11.8 Å². The zero-order valence-corrected chi connectivity index (χ0v) is 9.87. The van der Waals surface area contributed by atoms with Crippen molar-refractivity contribution in [2.75, 3.05) is 12.8 Å². The standard InChI is InChI=1S/C10H23NS/c1-8(2)6-7-12-10(4)9(3)11-5/h8-11H,6-7H2,1-5H3. The van der Waals surface area contributed by atoms with Gasteiger partial charge in [0.25, 0.3) is 0 Å². The third-order valence-electron chi connectivity index (χ3n) is 2.24. The minimum atomic E-state index is 0.627. The maximum Gasteiger partial charge on any atom is 0.0170 e. The summed E-state index contributed by atoms with van der Waals surface area (Å²) in [5.41, 5.74) is 0. The summed E-state index contributed by atoms with van der Waals surface area (Å²) >= 11 is 2.07. The quantitative estimate of drug-likeness (QED) is 0.689. The normalized spacial score (nSPS) is 16.5. The molecule has 0 heterocycles. The molecule has 0 bridgehead atoms. The first kappa shape index (κ1) is 12.3. The Bertz CT molecular complexity index is 104.